The lowest BCUT2D eigenvalue weighted by atomic mass is 10.0. The van der Waals surface area contributed by atoms with E-state index in [2.05, 4.69) is 15.3 Å². The number of hydrogen-bond donors (Lipinski definition) is 2. The van der Waals surface area contributed by atoms with Crippen molar-refractivity contribution in [1.29, 1.82) is 0 Å². The Morgan fingerprint density at radius 1 is 1.14 bits per heavy atom. The standard InChI is InChI=1S/C17H17N3O/c1-11(2)16(21)12-6-5-7-13(10-12)18-17-19-14-8-3-4-9-15(14)20-17/h3-11H,1-2H3,(H2,18,19,20). The fourth-order valence-corrected chi connectivity index (χ4v) is 2.23. The van der Waals surface area contributed by atoms with Crippen LogP contribution in [-0.4, -0.2) is 15.8 Å². The zero-order valence-corrected chi connectivity index (χ0v) is 12.1. The first-order chi connectivity index (χ1) is 10.1. The molecule has 2 aromatic carbocycles. The zero-order chi connectivity index (χ0) is 14.8. The maximum atomic E-state index is 12.0. The summed E-state index contributed by atoms with van der Waals surface area (Å²) < 4.78 is 0. The van der Waals surface area contributed by atoms with Crippen LogP contribution >= 0.6 is 0 Å². The molecule has 0 aliphatic heterocycles. The Morgan fingerprint density at radius 2 is 1.95 bits per heavy atom. The fourth-order valence-electron chi connectivity index (χ4n) is 2.23. The summed E-state index contributed by atoms with van der Waals surface area (Å²) in [7, 11) is 0. The van der Waals surface area contributed by atoms with Crippen LogP contribution in [0.3, 0.4) is 0 Å². The molecule has 0 atom stereocenters. The molecule has 4 nitrogen and oxygen atoms in total. The number of carbonyl (C=O) groups is 1. The molecule has 0 saturated heterocycles. The normalized spacial score (nSPS) is 11.0. The second-order valence-corrected chi connectivity index (χ2v) is 5.33. The summed E-state index contributed by atoms with van der Waals surface area (Å²) in [4.78, 5) is 19.7. The number of fused-ring (bicyclic) bond motifs is 1. The second kappa shape index (κ2) is 5.40. The second-order valence-electron chi connectivity index (χ2n) is 5.33. The van der Waals surface area contributed by atoms with Gasteiger partial charge in [0.2, 0.25) is 5.95 Å². The molecule has 0 unspecified atom stereocenters. The highest BCUT2D eigenvalue weighted by Gasteiger charge is 2.11. The molecule has 0 amide bonds. The van der Waals surface area contributed by atoms with Crippen LogP contribution in [0.25, 0.3) is 11.0 Å². The summed E-state index contributed by atoms with van der Waals surface area (Å²) in [5.41, 5.74) is 3.45. The molecule has 0 aliphatic rings. The first-order valence-corrected chi connectivity index (χ1v) is 6.99. The van der Waals surface area contributed by atoms with Crippen molar-refractivity contribution in [3.8, 4) is 0 Å². The highest BCUT2D eigenvalue weighted by atomic mass is 16.1. The van der Waals surface area contributed by atoms with E-state index in [1.807, 2.05) is 62.4 Å². The van der Waals surface area contributed by atoms with Gasteiger partial charge in [0, 0.05) is 17.2 Å². The highest BCUT2D eigenvalue weighted by molar-refractivity contribution is 5.98. The average Bonchev–Trinajstić information content (AvgIpc) is 2.88. The maximum absolute atomic E-state index is 12.0. The molecule has 1 heterocycles. The number of nitrogens with one attached hydrogen (secondary N) is 2. The van der Waals surface area contributed by atoms with Gasteiger partial charge in [0.25, 0.3) is 0 Å². The molecule has 3 rings (SSSR count). The molecule has 21 heavy (non-hydrogen) atoms. The van der Waals surface area contributed by atoms with Crippen LogP contribution in [0.5, 0.6) is 0 Å². The number of benzene rings is 2. The summed E-state index contributed by atoms with van der Waals surface area (Å²) in [5, 5.41) is 3.21. The van der Waals surface area contributed by atoms with Crippen molar-refractivity contribution in [2.24, 2.45) is 5.92 Å². The first-order valence-electron chi connectivity index (χ1n) is 6.99. The third-order valence-electron chi connectivity index (χ3n) is 3.32. The van der Waals surface area contributed by atoms with Gasteiger partial charge >= 0.3 is 0 Å². The topological polar surface area (TPSA) is 57.8 Å². The maximum Gasteiger partial charge on any atom is 0.205 e. The van der Waals surface area contributed by atoms with E-state index in [9.17, 15) is 4.79 Å². The molecule has 4 heteroatoms. The van der Waals surface area contributed by atoms with Gasteiger partial charge < -0.3 is 10.3 Å². The zero-order valence-electron chi connectivity index (χ0n) is 12.1. The summed E-state index contributed by atoms with van der Waals surface area (Å²) >= 11 is 0. The average molecular weight is 279 g/mol. The first kappa shape index (κ1) is 13.4. The predicted octanol–water partition coefficient (Wildman–Crippen LogP) is 4.15. The molecule has 0 spiro atoms. The van der Waals surface area contributed by atoms with Crippen LogP contribution in [-0.2, 0) is 0 Å². The molecule has 0 bridgehead atoms. The van der Waals surface area contributed by atoms with Gasteiger partial charge in [0.15, 0.2) is 5.78 Å². The van der Waals surface area contributed by atoms with Crippen molar-refractivity contribution < 1.29 is 4.79 Å². The number of aromatic nitrogens is 2. The smallest absolute Gasteiger partial charge is 0.205 e. The van der Waals surface area contributed by atoms with Crippen molar-refractivity contribution >= 4 is 28.5 Å². The van der Waals surface area contributed by atoms with Gasteiger partial charge in [-0.2, -0.15) is 0 Å². The van der Waals surface area contributed by atoms with Crippen LogP contribution in [0.15, 0.2) is 48.5 Å². The molecule has 0 aliphatic carbocycles. The Kier molecular flexibility index (Phi) is 3.44. The largest absolute Gasteiger partial charge is 0.326 e. The minimum atomic E-state index is -0.00792. The van der Waals surface area contributed by atoms with E-state index in [-0.39, 0.29) is 11.7 Å². The SMILES string of the molecule is CC(C)C(=O)c1cccc(Nc2nc3ccccc3[nH]2)c1. The number of hydrogen-bond acceptors (Lipinski definition) is 3. The fraction of sp³-hybridized carbons (Fsp3) is 0.176. The molecule has 106 valence electrons. The van der Waals surface area contributed by atoms with Crippen LogP contribution in [0.2, 0.25) is 0 Å². The highest BCUT2D eigenvalue weighted by Crippen LogP contribution is 2.20. The number of rotatable bonds is 4. The van der Waals surface area contributed by atoms with Crippen LogP contribution in [0.1, 0.15) is 24.2 Å². The van der Waals surface area contributed by atoms with Gasteiger partial charge in [-0.1, -0.05) is 38.1 Å². The van der Waals surface area contributed by atoms with E-state index in [1.54, 1.807) is 0 Å². The van der Waals surface area contributed by atoms with Gasteiger partial charge in [-0.15, -0.1) is 0 Å². The lowest BCUT2D eigenvalue weighted by Crippen LogP contribution is -2.07. The van der Waals surface area contributed by atoms with Crippen molar-refractivity contribution in [2.45, 2.75) is 13.8 Å². The van der Waals surface area contributed by atoms with Crippen molar-refractivity contribution in [2.75, 3.05) is 5.32 Å². The number of carbonyl (C=O) groups excluding carboxylic acids is 1. The van der Waals surface area contributed by atoms with Crippen molar-refractivity contribution in [3.63, 3.8) is 0 Å². The molecular formula is C17H17N3O. The number of nitrogens with zero attached hydrogens (tertiary/aromatic N) is 1. The van der Waals surface area contributed by atoms with Crippen LogP contribution in [0.4, 0.5) is 11.6 Å². The molecule has 3 aromatic rings. The number of imidazole rings is 1. The molecule has 0 saturated carbocycles. The van der Waals surface area contributed by atoms with Crippen LogP contribution in [0, 0.1) is 5.92 Å². The number of ketones is 1. The van der Waals surface area contributed by atoms with E-state index < -0.39 is 0 Å². The van der Waals surface area contributed by atoms with Crippen molar-refractivity contribution in [3.05, 3.63) is 54.1 Å². The molecular weight excluding hydrogens is 262 g/mol. The molecule has 0 fully saturated rings. The van der Waals surface area contributed by atoms with E-state index in [1.165, 1.54) is 0 Å². The Balaban J connectivity index is 1.87. The van der Waals surface area contributed by atoms with Crippen LogP contribution < -0.4 is 5.32 Å². The third-order valence-corrected chi connectivity index (χ3v) is 3.32. The Labute approximate surface area is 123 Å². The van der Waals surface area contributed by atoms with E-state index in [0.717, 1.165) is 16.7 Å². The van der Waals surface area contributed by atoms with Gasteiger partial charge in [0.05, 0.1) is 11.0 Å². The van der Waals surface area contributed by atoms with E-state index in [0.29, 0.717) is 11.5 Å². The van der Waals surface area contributed by atoms with Crippen molar-refractivity contribution in [1.82, 2.24) is 9.97 Å². The van der Waals surface area contributed by atoms with Gasteiger partial charge in [0.1, 0.15) is 0 Å². The van der Waals surface area contributed by atoms with Gasteiger partial charge in [-0.05, 0) is 24.3 Å². The van der Waals surface area contributed by atoms with E-state index in [4.69, 9.17) is 0 Å². The summed E-state index contributed by atoms with van der Waals surface area (Å²) in [6, 6.07) is 15.3. The minimum Gasteiger partial charge on any atom is -0.326 e. The Hall–Kier alpha value is -2.62. The predicted molar refractivity (Wildman–Crippen MR) is 85.0 cm³/mol. The van der Waals surface area contributed by atoms with Gasteiger partial charge in [-0.3, -0.25) is 4.79 Å². The molecule has 2 N–H and O–H groups in total. The number of para-hydroxylation sites is 2. The molecule has 1 aromatic heterocycles. The summed E-state index contributed by atoms with van der Waals surface area (Å²) in [6.45, 7) is 3.81. The quantitative estimate of drug-likeness (QED) is 0.705. The minimum absolute atomic E-state index is 0.00792. The Bertz CT molecular complexity index is 756. The summed E-state index contributed by atoms with van der Waals surface area (Å²) in [5.74, 6) is 0.806. The van der Waals surface area contributed by atoms with Gasteiger partial charge in [-0.25, -0.2) is 4.98 Å². The number of Topliss-reactive ketones (excluding diaryl/α,β-unsaturated/α-hetero) is 1. The lowest BCUT2D eigenvalue weighted by molar-refractivity contribution is 0.0939. The number of aromatic amines is 1. The van der Waals surface area contributed by atoms with E-state index >= 15 is 0 Å². The summed E-state index contributed by atoms with van der Waals surface area (Å²) in [6.07, 6.45) is 0. The lowest BCUT2D eigenvalue weighted by Gasteiger charge is -2.07. The Morgan fingerprint density at radius 3 is 2.71 bits per heavy atom. The monoisotopic (exact) mass is 279 g/mol. The third kappa shape index (κ3) is 2.79. The number of H-pyrrole nitrogens is 1. The number of anilines is 2. The molecule has 0 radical (unpaired) electrons.